The molecule has 2 aliphatic rings. The van der Waals surface area contributed by atoms with Crippen LogP contribution in [0.1, 0.15) is 23.7 Å². The maximum absolute atomic E-state index is 13.1. The maximum atomic E-state index is 13.1. The Kier molecular flexibility index (Phi) is 5.59. The van der Waals surface area contributed by atoms with Crippen LogP contribution in [0.25, 0.3) is 0 Å². The topological polar surface area (TPSA) is 48.9 Å². The molecule has 0 bridgehead atoms. The van der Waals surface area contributed by atoms with E-state index >= 15 is 0 Å². The number of rotatable bonds is 4. The van der Waals surface area contributed by atoms with Crippen molar-refractivity contribution in [1.29, 1.82) is 0 Å². The molecule has 2 aromatic rings. The van der Waals surface area contributed by atoms with E-state index in [1.807, 2.05) is 59.3 Å². The molecule has 4 rings (SSSR count). The molecule has 2 saturated heterocycles. The van der Waals surface area contributed by atoms with Crippen molar-refractivity contribution in [1.82, 2.24) is 14.8 Å². The minimum absolute atomic E-state index is 0.0738. The van der Waals surface area contributed by atoms with E-state index in [0.29, 0.717) is 11.6 Å². The summed E-state index contributed by atoms with van der Waals surface area (Å²) in [6, 6.07) is 14.5. The SMILES string of the molecule is C[C@@H]1[C@H](N2CCOCC2)CCN1C(=O)c1ccc(N(C)c2ccccc2)nc1. The van der Waals surface area contributed by atoms with Crippen LogP contribution in [0, 0.1) is 0 Å². The Morgan fingerprint density at radius 3 is 2.54 bits per heavy atom. The van der Waals surface area contributed by atoms with E-state index < -0.39 is 0 Å². The second-order valence-electron chi connectivity index (χ2n) is 7.54. The number of benzene rings is 1. The molecule has 2 fully saturated rings. The van der Waals surface area contributed by atoms with Crippen molar-refractivity contribution in [2.75, 3.05) is 44.8 Å². The zero-order valence-electron chi connectivity index (χ0n) is 16.6. The van der Waals surface area contributed by atoms with Crippen molar-refractivity contribution >= 4 is 17.4 Å². The summed E-state index contributed by atoms with van der Waals surface area (Å²) >= 11 is 0. The lowest BCUT2D eigenvalue weighted by Gasteiger charge is -2.35. The van der Waals surface area contributed by atoms with Crippen LogP contribution in [0.2, 0.25) is 0 Å². The molecule has 0 N–H and O–H groups in total. The van der Waals surface area contributed by atoms with Gasteiger partial charge >= 0.3 is 0 Å². The highest BCUT2D eigenvalue weighted by atomic mass is 16.5. The standard InChI is InChI=1S/C22H28N4O2/c1-17-20(25-12-14-28-15-13-25)10-11-26(17)22(27)18-8-9-21(23-16-18)24(2)19-6-4-3-5-7-19/h3-9,16-17,20H,10-15H2,1-2H3/t17-,20-/m1/s1. The first kappa shape index (κ1) is 18.9. The van der Waals surface area contributed by atoms with E-state index in [-0.39, 0.29) is 11.9 Å². The Morgan fingerprint density at radius 2 is 1.86 bits per heavy atom. The van der Waals surface area contributed by atoms with E-state index in [9.17, 15) is 4.79 Å². The average molecular weight is 380 g/mol. The number of anilines is 2. The second kappa shape index (κ2) is 8.29. The summed E-state index contributed by atoms with van der Waals surface area (Å²) < 4.78 is 5.47. The summed E-state index contributed by atoms with van der Waals surface area (Å²) in [7, 11) is 1.98. The van der Waals surface area contributed by atoms with E-state index in [1.54, 1.807) is 6.20 Å². The summed E-state index contributed by atoms with van der Waals surface area (Å²) in [4.78, 5) is 24.1. The van der Waals surface area contributed by atoms with Gasteiger partial charge in [0.1, 0.15) is 5.82 Å². The molecular weight excluding hydrogens is 352 g/mol. The summed E-state index contributed by atoms with van der Waals surface area (Å²) in [6.07, 6.45) is 2.72. The number of morpholine rings is 1. The van der Waals surface area contributed by atoms with Gasteiger partial charge in [-0.1, -0.05) is 18.2 Å². The van der Waals surface area contributed by atoms with Gasteiger partial charge in [0.25, 0.3) is 5.91 Å². The van der Waals surface area contributed by atoms with Crippen LogP contribution in [0.5, 0.6) is 0 Å². The Labute approximate surface area is 166 Å². The monoisotopic (exact) mass is 380 g/mol. The molecule has 0 spiro atoms. The van der Waals surface area contributed by atoms with Crippen molar-refractivity contribution < 1.29 is 9.53 Å². The first-order chi connectivity index (χ1) is 13.6. The van der Waals surface area contributed by atoms with Crippen LogP contribution >= 0.6 is 0 Å². The quantitative estimate of drug-likeness (QED) is 0.816. The minimum atomic E-state index is 0.0738. The van der Waals surface area contributed by atoms with E-state index in [0.717, 1.165) is 50.8 Å². The lowest BCUT2D eigenvalue weighted by atomic mass is 10.1. The number of hydrogen-bond acceptors (Lipinski definition) is 5. The van der Waals surface area contributed by atoms with Gasteiger partial charge in [-0.2, -0.15) is 0 Å². The Balaban J connectivity index is 1.43. The lowest BCUT2D eigenvalue weighted by molar-refractivity contribution is 0.0104. The minimum Gasteiger partial charge on any atom is -0.379 e. The van der Waals surface area contributed by atoms with Crippen LogP contribution < -0.4 is 4.90 Å². The molecule has 3 heterocycles. The van der Waals surface area contributed by atoms with Crippen molar-refractivity contribution in [2.24, 2.45) is 0 Å². The van der Waals surface area contributed by atoms with Crippen LogP contribution in [0.15, 0.2) is 48.7 Å². The molecule has 148 valence electrons. The van der Waals surface area contributed by atoms with Gasteiger partial charge in [-0.15, -0.1) is 0 Å². The number of likely N-dealkylation sites (tertiary alicyclic amines) is 1. The molecule has 1 amide bonds. The van der Waals surface area contributed by atoms with Crippen molar-refractivity contribution in [3.63, 3.8) is 0 Å². The number of aromatic nitrogens is 1. The molecule has 1 aromatic heterocycles. The lowest BCUT2D eigenvalue weighted by Crippen LogP contribution is -2.49. The molecule has 0 unspecified atom stereocenters. The van der Waals surface area contributed by atoms with Gasteiger partial charge < -0.3 is 14.5 Å². The number of carbonyl (C=O) groups excluding carboxylic acids is 1. The smallest absolute Gasteiger partial charge is 0.255 e. The molecule has 28 heavy (non-hydrogen) atoms. The Bertz CT molecular complexity index is 790. The van der Waals surface area contributed by atoms with Crippen molar-refractivity contribution in [3.8, 4) is 0 Å². The fourth-order valence-electron chi connectivity index (χ4n) is 4.27. The maximum Gasteiger partial charge on any atom is 0.255 e. The van der Waals surface area contributed by atoms with Crippen molar-refractivity contribution in [2.45, 2.75) is 25.4 Å². The second-order valence-corrected chi connectivity index (χ2v) is 7.54. The number of amides is 1. The van der Waals surface area contributed by atoms with Gasteiger partial charge in [0.05, 0.1) is 18.8 Å². The van der Waals surface area contributed by atoms with Crippen LogP contribution in [0.4, 0.5) is 11.5 Å². The molecule has 0 aliphatic carbocycles. The number of carbonyl (C=O) groups is 1. The van der Waals surface area contributed by atoms with E-state index in [4.69, 9.17) is 4.74 Å². The number of nitrogens with zero attached hydrogens (tertiary/aromatic N) is 4. The number of ether oxygens (including phenoxy) is 1. The van der Waals surface area contributed by atoms with Crippen molar-refractivity contribution in [3.05, 3.63) is 54.2 Å². The fourth-order valence-corrected chi connectivity index (χ4v) is 4.27. The van der Waals surface area contributed by atoms with Crippen LogP contribution in [-0.4, -0.2) is 72.7 Å². The molecule has 0 radical (unpaired) electrons. The molecule has 2 atom stereocenters. The van der Waals surface area contributed by atoms with Gasteiger partial charge in [0, 0.05) is 50.6 Å². The highest BCUT2D eigenvalue weighted by molar-refractivity contribution is 5.94. The summed E-state index contributed by atoms with van der Waals surface area (Å²) in [5.41, 5.74) is 1.72. The number of pyridine rings is 1. The molecular formula is C22H28N4O2. The molecule has 6 nitrogen and oxygen atoms in total. The third-order valence-corrected chi connectivity index (χ3v) is 5.97. The summed E-state index contributed by atoms with van der Waals surface area (Å²) in [6.45, 7) is 6.46. The van der Waals surface area contributed by atoms with Gasteiger partial charge in [-0.25, -0.2) is 4.98 Å². The van der Waals surface area contributed by atoms with Crippen LogP contribution in [0.3, 0.4) is 0 Å². The summed E-state index contributed by atoms with van der Waals surface area (Å²) in [5, 5.41) is 0. The number of para-hydroxylation sites is 1. The average Bonchev–Trinajstić information content (AvgIpc) is 3.15. The Hall–Kier alpha value is -2.44. The predicted molar refractivity (Wildman–Crippen MR) is 110 cm³/mol. The zero-order valence-corrected chi connectivity index (χ0v) is 16.6. The molecule has 6 heteroatoms. The molecule has 0 saturated carbocycles. The number of hydrogen-bond donors (Lipinski definition) is 0. The highest BCUT2D eigenvalue weighted by Gasteiger charge is 2.38. The largest absolute Gasteiger partial charge is 0.379 e. The van der Waals surface area contributed by atoms with Gasteiger partial charge in [0.15, 0.2) is 0 Å². The van der Waals surface area contributed by atoms with Gasteiger partial charge in [-0.3, -0.25) is 9.69 Å². The van der Waals surface area contributed by atoms with Crippen LogP contribution in [-0.2, 0) is 4.74 Å². The van der Waals surface area contributed by atoms with Gasteiger partial charge in [0.2, 0.25) is 0 Å². The van der Waals surface area contributed by atoms with Gasteiger partial charge in [-0.05, 0) is 37.6 Å². The van der Waals surface area contributed by atoms with E-state index in [2.05, 4.69) is 16.8 Å². The first-order valence-corrected chi connectivity index (χ1v) is 10.0. The predicted octanol–water partition coefficient (Wildman–Crippen LogP) is 2.78. The molecule has 2 aliphatic heterocycles. The zero-order chi connectivity index (χ0) is 19.5. The first-order valence-electron chi connectivity index (χ1n) is 10.0. The third-order valence-electron chi connectivity index (χ3n) is 5.97. The van der Waals surface area contributed by atoms with E-state index in [1.165, 1.54) is 0 Å². The fraction of sp³-hybridized carbons (Fsp3) is 0.455. The summed E-state index contributed by atoms with van der Waals surface area (Å²) in [5.74, 6) is 0.896. The Morgan fingerprint density at radius 1 is 1.11 bits per heavy atom. The normalized spacial score (nSPS) is 23.0. The molecule has 1 aromatic carbocycles. The third kappa shape index (κ3) is 3.75. The highest BCUT2D eigenvalue weighted by Crippen LogP contribution is 2.26.